The molecule has 2 atom stereocenters. The number of aliphatic hydroxyl groups is 2. The number of aliphatic carboxylic acids is 1. The molecule has 0 unspecified atom stereocenters. The average molecular weight is 447 g/mol. The molecule has 5 nitrogen and oxygen atoms in total. The molecule has 0 saturated carbocycles. The summed E-state index contributed by atoms with van der Waals surface area (Å²) in [6.45, 7) is 6.13. The number of carbonyl (C=O) groups excluding carboxylic acids is 1. The van der Waals surface area contributed by atoms with E-state index >= 15 is 0 Å². The van der Waals surface area contributed by atoms with Crippen molar-refractivity contribution >= 4 is 22.9 Å². The molecule has 0 fully saturated rings. The van der Waals surface area contributed by atoms with Gasteiger partial charge in [0, 0.05) is 47.0 Å². The number of aromatic nitrogens is 1. The van der Waals surface area contributed by atoms with Crippen molar-refractivity contribution in [1.82, 2.24) is 4.57 Å². The minimum absolute atomic E-state index is 0. The smallest absolute Gasteiger partial charge is 0.550 e. The van der Waals surface area contributed by atoms with E-state index in [0.29, 0.717) is 0 Å². The van der Waals surface area contributed by atoms with Crippen molar-refractivity contribution in [2.24, 2.45) is 0 Å². The summed E-state index contributed by atoms with van der Waals surface area (Å²) in [4.78, 5) is 10.6. The zero-order chi connectivity index (χ0) is 22.7. The average Bonchev–Trinajstić information content (AvgIpc) is 2.99. The summed E-state index contributed by atoms with van der Waals surface area (Å²) in [5.41, 5.74) is 4.73. The Kier molecular flexibility index (Phi) is 9.25. The first kappa shape index (κ1) is 26.3. The van der Waals surface area contributed by atoms with Crippen LogP contribution in [-0.2, 0) is 4.79 Å². The number of aryl methyl sites for hydroxylation is 1. The number of nitrogens with zero attached hydrogens (tertiary/aromatic N) is 1. The Morgan fingerprint density at radius 3 is 2.41 bits per heavy atom. The monoisotopic (exact) mass is 447 g/mol. The molecular weight excluding hydrogens is 420 g/mol. The van der Waals surface area contributed by atoms with E-state index in [2.05, 4.69) is 30.5 Å². The summed E-state index contributed by atoms with van der Waals surface area (Å²) in [6.07, 6.45) is 0.459. The number of aliphatic hydroxyl groups excluding tert-OH is 2. The van der Waals surface area contributed by atoms with Gasteiger partial charge >= 0.3 is 29.6 Å². The number of carboxylic acid groups (broad SMARTS) is 1. The van der Waals surface area contributed by atoms with Gasteiger partial charge in [-0.1, -0.05) is 29.8 Å². The first-order valence-electron chi connectivity index (χ1n) is 10.3. The fourth-order valence-electron chi connectivity index (χ4n) is 3.92. The third-order valence-corrected chi connectivity index (χ3v) is 5.24. The summed E-state index contributed by atoms with van der Waals surface area (Å²) in [5.74, 6) is -1.68. The van der Waals surface area contributed by atoms with E-state index < -0.39 is 24.6 Å². The maximum atomic E-state index is 13.6. The van der Waals surface area contributed by atoms with E-state index in [9.17, 15) is 24.5 Å². The van der Waals surface area contributed by atoms with Gasteiger partial charge in [0.25, 0.3) is 0 Å². The van der Waals surface area contributed by atoms with Gasteiger partial charge in [-0.05, 0) is 56.7 Å². The van der Waals surface area contributed by atoms with Crippen LogP contribution in [0.1, 0.15) is 44.0 Å². The summed E-state index contributed by atoms with van der Waals surface area (Å²) < 4.78 is 15.7. The SMILES string of the molecule is Cc1ccc2c(c1)c(-c1ccc(F)cc1)c(/C=C/[C@@H](O)C[C@@H](O)CC(=O)[O-])n2C(C)C.[Na+]. The Morgan fingerprint density at radius 1 is 1.16 bits per heavy atom. The van der Waals surface area contributed by atoms with Gasteiger partial charge in [-0.2, -0.15) is 0 Å². The Hall–Kier alpha value is -1.96. The van der Waals surface area contributed by atoms with Gasteiger partial charge in [0.15, 0.2) is 0 Å². The van der Waals surface area contributed by atoms with Crippen LogP contribution < -0.4 is 34.7 Å². The second-order valence-electron chi connectivity index (χ2n) is 8.14. The van der Waals surface area contributed by atoms with Gasteiger partial charge in [0.1, 0.15) is 5.82 Å². The number of carbonyl (C=O) groups is 1. The molecule has 2 aromatic carbocycles. The summed E-state index contributed by atoms with van der Waals surface area (Å²) in [7, 11) is 0. The zero-order valence-electron chi connectivity index (χ0n) is 18.9. The molecule has 0 aliphatic carbocycles. The van der Waals surface area contributed by atoms with Crippen molar-refractivity contribution in [3.8, 4) is 11.1 Å². The topological polar surface area (TPSA) is 85.5 Å². The predicted octanol–water partition coefficient (Wildman–Crippen LogP) is 0.606. The van der Waals surface area contributed by atoms with E-state index in [1.165, 1.54) is 12.1 Å². The van der Waals surface area contributed by atoms with Gasteiger partial charge in [0.05, 0.1) is 12.2 Å². The third-order valence-electron chi connectivity index (χ3n) is 5.24. The molecule has 0 aliphatic rings. The molecular formula is C25H27FNNaO4. The summed E-state index contributed by atoms with van der Waals surface area (Å²) in [5, 5.41) is 31.8. The Morgan fingerprint density at radius 2 is 1.81 bits per heavy atom. The summed E-state index contributed by atoms with van der Waals surface area (Å²) >= 11 is 0. The molecule has 0 saturated heterocycles. The van der Waals surface area contributed by atoms with Gasteiger partial charge in [-0.3, -0.25) is 0 Å². The van der Waals surface area contributed by atoms with E-state index in [4.69, 9.17) is 0 Å². The first-order chi connectivity index (χ1) is 14.7. The standard InChI is InChI=1S/C25H28FNO4.Na/c1-15(2)27-22-10-4-16(3)12-21(22)25(17-5-7-18(26)8-6-17)23(27)11-9-19(28)13-20(29)14-24(30)31;/h4-12,15,19-20,28-29H,13-14H2,1-3H3,(H,30,31);/q;+1/p-1/b11-9+;/t19-,20-;/m1./s1. The zero-order valence-corrected chi connectivity index (χ0v) is 20.9. The number of hydrogen-bond acceptors (Lipinski definition) is 4. The number of rotatable bonds is 8. The van der Waals surface area contributed by atoms with Crippen LogP contribution in [-0.4, -0.2) is 33.0 Å². The fourth-order valence-corrected chi connectivity index (χ4v) is 3.92. The minimum Gasteiger partial charge on any atom is -0.550 e. The molecule has 0 bridgehead atoms. The number of hydrogen-bond donors (Lipinski definition) is 2. The molecule has 1 aromatic heterocycles. The molecule has 1 heterocycles. The number of benzene rings is 2. The quantitative estimate of drug-likeness (QED) is 0.496. The molecule has 0 amide bonds. The summed E-state index contributed by atoms with van der Waals surface area (Å²) in [6, 6.07) is 12.6. The molecule has 3 rings (SSSR count). The van der Waals surface area contributed by atoms with Crippen molar-refractivity contribution < 1.29 is 54.1 Å². The van der Waals surface area contributed by atoms with Gasteiger partial charge < -0.3 is 24.7 Å². The van der Waals surface area contributed by atoms with Crippen molar-refractivity contribution in [2.45, 2.75) is 51.9 Å². The second-order valence-corrected chi connectivity index (χ2v) is 8.14. The molecule has 164 valence electrons. The number of halogens is 1. The van der Waals surface area contributed by atoms with Gasteiger partial charge in [0.2, 0.25) is 0 Å². The van der Waals surface area contributed by atoms with Crippen LogP contribution >= 0.6 is 0 Å². The van der Waals surface area contributed by atoms with Crippen molar-refractivity contribution in [3.05, 3.63) is 65.6 Å². The third kappa shape index (κ3) is 6.09. The number of carboxylic acids is 1. The fraction of sp³-hybridized carbons (Fsp3) is 0.320. The van der Waals surface area contributed by atoms with E-state index in [1.807, 2.05) is 13.0 Å². The van der Waals surface area contributed by atoms with E-state index in [1.54, 1.807) is 24.3 Å². The molecule has 7 heteroatoms. The van der Waals surface area contributed by atoms with Gasteiger partial charge in [-0.15, -0.1) is 0 Å². The molecule has 0 spiro atoms. The van der Waals surface area contributed by atoms with Crippen LogP contribution in [0.2, 0.25) is 0 Å². The van der Waals surface area contributed by atoms with Crippen LogP contribution in [0.5, 0.6) is 0 Å². The van der Waals surface area contributed by atoms with Crippen molar-refractivity contribution in [2.75, 3.05) is 0 Å². The van der Waals surface area contributed by atoms with Crippen LogP contribution in [0.3, 0.4) is 0 Å². The molecule has 32 heavy (non-hydrogen) atoms. The van der Waals surface area contributed by atoms with E-state index in [-0.39, 0.29) is 47.8 Å². The van der Waals surface area contributed by atoms with Crippen LogP contribution in [0.15, 0.2) is 48.5 Å². The van der Waals surface area contributed by atoms with Crippen molar-refractivity contribution in [3.63, 3.8) is 0 Å². The predicted molar refractivity (Wildman–Crippen MR) is 118 cm³/mol. The first-order valence-corrected chi connectivity index (χ1v) is 10.3. The minimum atomic E-state index is -1.36. The molecule has 3 aromatic rings. The number of fused-ring (bicyclic) bond motifs is 1. The second kappa shape index (κ2) is 11.3. The van der Waals surface area contributed by atoms with E-state index in [0.717, 1.165) is 33.3 Å². The van der Waals surface area contributed by atoms with Gasteiger partial charge in [-0.25, -0.2) is 4.39 Å². The Bertz CT molecular complexity index is 1110. The maximum Gasteiger partial charge on any atom is 1.00 e. The Balaban J connectivity index is 0.00000363. The van der Waals surface area contributed by atoms with Crippen LogP contribution in [0.25, 0.3) is 28.1 Å². The molecule has 0 aliphatic heterocycles. The van der Waals surface area contributed by atoms with Crippen molar-refractivity contribution in [1.29, 1.82) is 0 Å². The Labute approximate surface area is 209 Å². The molecule has 0 radical (unpaired) electrons. The molecule has 2 N–H and O–H groups in total. The maximum absolute atomic E-state index is 13.6. The largest absolute Gasteiger partial charge is 1.00 e. The van der Waals surface area contributed by atoms with Crippen LogP contribution in [0, 0.1) is 12.7 Å². The van der Waals surface area contributed by atoms with Crippen LogP contribution in [0.4, 0.5) is 4.39 Å². The normalized spacial score (nSPS) is 13.5.